The number of aliphatic hydroxyl groups is 1. The molecule has 168 valence electrons. The van der Waals surface area contributed by atoms with Crippen LogP contribution in [0.3, 0.4) is 0 Å². The third kappa shape index (κ3) is 5.44. The molecule has 4 rings (SSSR count). The molecule has 0 radical (unpaired) electrons. The van der Waals surface area contributed by atoms with Crippen molar-refractivity contribution in [1.29, 1.82) is 0 Å². The van der Waals surface area contributed by atoms with Gasteiger partial charge in [0.05, 0.1) is 5.56 Å². The van der Waals surface area contributed by atoms with Crippen LogP contribution in [0, 0.1) is 0 Å². The van der Waals surface area contributed by atoms with E-state index >= 15 is 0 Å². The molecule has 3 aromatic rings. The van der Waals surface area contributed by atoms with Crippen molar-refractivity contribution in [2.75, 3.05) is 19.7 Å². The van der Waals surface area contributed by atoms with E-state index in [1.165, 1.54) is 12.1 Å². The minimum absolute atomic E-state index is 0.0100. The van der Waals surface area contributed by atoms with Gasteiger partial charge in [-0.2, -0.15) is 13.2 Å². The normalized spacial score (nSPS) is 14.6. The van der Waals surface area contributed by atoms with E-state index in [0.717, 1.165) is 43.3 Å². The maximum Gasteiger partial charge on any atom is 0.416 e. The maximum absolute atomic E-state index is 13.2. The van der Waals surface area contributed by atoms with Crippen molar-refractivity contribution in [2.24, 2.45) is 0 Å². The summed E-state index contributed by atoms with van der Waals surface area (Å²) in [6, 6.07) is 12.5. The summed E-state index contributed by atoms with van der Waals surface area (Å²) in [5, 5.41) is 9.09. The predicted octanol–water partition coefficient (Wildman–Crippen LogP) is 5.09. The number of benzene rings is 2. The van der Waals surface area contributed by atoms with E-state index in [1.807, 2.05) is 0 Å². The van der Waals surface area contributed by atoms with Gasteiger partial charge in [-0.15, -0.1) is 0 Å². The zero-order valence-corrected chi connectivity index (χ0v) is 17.5. The van der Waals surface area contributed by atoms with Gasteiger partial charge in [-0.25, -0.2) is 9.97 Å². The molecule has 5 nitrogen and oxygen atoms in total. The fourth-order valence-electron chi connectivity index (χ4n) is 3.75. The first-order valence-corrected chi connectivity index (χ1v) is 10.6. The minimum Gasteiger partial charge on any atom is -0.457 e. The molecule has 8 heteroatoms. The van der Waals surface area contributed by atoms with Crippen molar-refractivity contribution in [1.82, 2.24) is 14.9 Å². The van der Waals surface area contributed by atoms with Crippen LogP contribution >= 0.6 is 0 Å². The molecular formula is C24H24F3N3O2. The number of ether oxygens (including phenoxy) is 1. The topological polar surface area (TPSA) is 58.5 Å². The highest BCUT2D eigenvalue weighted by atomic mass is 19.4. The Hall–Kier alpha value is -2.97. The van der Waals surface area contributed by atoms with Gasteiger partial charge in [0.1, 0.15) is 11.5 Å². The Morgan fingerprint density at radius 2 is 1.75 bits per heavy atom. The second-order valence-electron chi connectivity index (χ2n) is 7.78. The van der Waals surface area contributed by atoms with Gasteiger partial charge < -0.3 is 9.84 Å². The van der Waals surface area contributed by atoms with Gasteiger partial charge >= 0.3 is 6.18 Å². The SMILES string of the molecule is OCCc1ccnc(-c2ccc(Oc3ccc(C(F)(F)F)cc3CN3CCCC3)cc2)n1. The Balaban J connectivity index is 1.55. The molecule has 0 bridgehead atoms. The molecule has 0 unspecified atom stereocenters. The van der Waals surface area contributed by atoms with Gasteiger partial charge in [0, 0.05) is 42.6 Å². The summed E-state index contributed by atoms with van der Waals surface area (Å²) in [5.41, 5.74) is 1.37. The molecule has 1 aliphatic heterocycles. The van der Waals surface area contributed by atoms with Crippen molar-refractivity contribution in [2.45, 2.75) is 32.0 Å². The Labute approximate surface area is 184 Å². The fourth-order valence-corrected chi connectivity index (χ4v) is 3.75. The molecule has 0 spiro atoms. The largest absolute Gasteiger partial charge is 0.457 e. The van der Waals surface area contributed by atoms with E-state index in [9.17, 15) is 13.2 Å². The van der Waals surface area contributed by atoms with Crippen molar-refractivity contribution in [3.8, 4) is 22.9 Å². The smallest absolute Gasteiger partial charge is 0.416 e. The van der Waals surface area contributed by atoms with Crippen LogP contribution in [0.5, 0.6) is 11.5 Å². The van der Waals surface area contributed by atoms with Gasteiger partial charge in [0.25, 0.3) is 0 Å². The fraction of sp³-hybridized carbons (Fsp3) is 0.333. The Morgan fingerprint density at radius 3 is 2.44 bits per heavy atom. The molecule has 2 heterocycles. The van der Waals surface area contributed by atoms with Crippen LogP contribution in [0.2, 0.25) is 0 Å². The molecule has 2 aromatic carbocycles. The van der Waals surface area contributed by atoms with E-state index in [-0.39, 0.29) is 6.61 Å². The molecule has 32 heavy (non-hydrogen) atoms. The van der Waals surface area contributed by atoms with Crippen LogP contribution in [-0.4, -0.2) is 39.7 Å². The molecular weight excluding hydrogens is 419 g/mol. The molecule has 0 aliphatic carbocycles. The van der Waals surface area contributed by atoms with Gasteiger partial charge in [-0.1, -0.05) is 0 Å². The average molecular weight is 443 g/mol. The maximum atomic E-state index is 13.2. The van der Waals surface area contributed by atoms with Gasteiger partial charge in [0.2, 0.25) is 0 Å². The minimum atomic E-state index is -4.40. The summed E-state index contributed by atoms with van der Waals surface area (Å²) < 4.78 is 45.7. The van der Waals surface area contributed by atoms with Crippen molar-refractivity contribution >= 4 is 0 Å². The first-order valence-electron chi connectivity index (χ1n) is 10.6. The first-order chi connectivity index (χ1) is 15.4. The number of likely N-dealkylation sites (tertiary alicyclic amines) is 1. The molecule has 0 atom stereocenters. The van der Waals surface area contributed by atoms with Crippen LogP contribution in [0.25, 0.3) is 11.4 Å². The summed E-state index contributed by atoms with van der Waals surface area (Å²) in [6.45, 7) is 2.18. The summed E-state index contributed by atoms with van der Waals surface area (Å²) in [5.74, 6) is 1.47. The Morgan fingerprint density at radius 1 is 1.00 bits per heavy atom. The Kier molecular flexibility index (Phi) is 6.72. The number of aliphatic hydroxyl groups excluding tert-OH is 1. The number of rotatable bonds is 7. The second-order valence-corrected chi connectivity index (χ2v) is 7.78. The lowest BCUT2D eigenvalue weighted by Crippen LogP contribution is -2.19. The standard InChI is InChI=1S/C24H24F3N3O2/c25-24(26,27)19-5-8-22(18(15-19)16-30-12-1-2-13-30)32-21-6-3-17(4-7-21)23-28-11-9-20(29-23)10-14-31/h3-9,11,15,31H,1-2,10,12-14,16H2. The lowest BCUT2D eigenvalue weighted by Gasteiger charge is -2.19. The van der Waals surface area contributed by atoms with Crippen LogP contribution in [0.4, 0.5) is 13.2 Å². The quantitative estimate of drug-likeness (QED) is 0.552. The summed E-state index contributed by atoms with van der Waals surface area (Å²) >= 11 is 0. The summed E-state index contributed by atoms with van der Waals surface area (Å²) in [7, 11) is 0. The molecule has 0 amide bonds. The molecule has 1 fully saturated rings. The average Bonchev–Trinajstić information content (AvgIpc) is 3.28. The Bertz CT molecular complexity index is 1050. The number of aromatic nitrogens is 2. The third-order valence-electron chi connectivity index (χ3n) is 5.40. The zero-order valence-electron chi connectivity index (χ0n) is 17.5. The zero-order chi connectivity index (χ0) is 22.6. The number of halogens is 3. The highest BCUT2D eigenvalue weighted by Gasteiger charge is 2.31. The third-order valence-corrected chi connectivity index (χ3v) is 5.40. The van der Waals surface area contributed by atoms with Gasteiger partial charge in [0.15, 0.2) is 5.82 Å². The van der Waals surface area contributed by atoms with Crippen molar-refractivity contribution < 1.29 is 23.0 Å². The van der Waals surface area contributed by atoms with Gasteiger partial charge in [-0.3, -0.25) is 4.90 Å². The van der Waals surface area contributed by atoms with Crippen LogP contribution in [-0.2, 0) is 19.1 Å². The highest BCUT2D eigenvalue weighted by Crippen LogP contribution is 2.35. The van der Waals surface area contributed by atoms with Crippen molar-refractivity contribution in [3.05, 3.63) is 71.5 Å². The summed E-state index contributed by atoms with van der Waals surface area (Å²) in [4.78, 5) is 10.8. The van der Waals surface area contributed by atoms with Gasteiger partial charge in [-0.05, 0) is 74.5 Å². The van der Waals surface area contributed by atoms with Crippen LogP contribution < -0.4 is 4.74 Å². The number of nitrogens with zero attached hydrogens (tertiary/aromatic N) is 3. The molecule has 1 aliphatic rings. The highest BCUT2D eigenvalue weighted by molar-refractivity contribution is 5.56. The van der Waals surface area contributed by atoms with E-state index < -0.39 is 11.7 Å². The molecule has 1 aromatic heterocycles. The number of alkyl halides is 3. The molecule has 0 saturated carbocycles. The second kappa shape index (κ2) is 9.67. The van der Waals surface area contributed by atoms with Crippen LogP contribution in [0.1, 0.15) is 29.7 Å². The monoisotopic (exact) mass is 443 g/mol. The molecule has 1 saturated heterocycles. The molecule has 1 N–H and O–H groups in total. The van der Waals surface area contributed by atoms with Crippen molar-refractivity contribution in [3.63, 3.8) is 0 Å². The van der Waals surface area contributed by atoms with E-state index in [2.05, 4.69) is 14.9 Å². The lowest BCUT2D eigenvalue weighted by atomic mass is 10.1. The summed E-state index contributed by atoms with van der Waals surface area (Å²) in [6.07, 6.45) is -0.199. The lowest BCUT2D eigenvalue weighted by molar-refractivity contribution is -0.137. The van der Waals surface area contributed by atoms with E-state index in [4.69, 9.17) is 9.84 Å². The van der Waals surface area contributed by atoms with E-state index in [0.29, 0.717) is 35.9 Å². The van der Waals surface area contributed by atoms with Crippen LogP contribution in [0.15, 0.2) is 54.7 Å². The van der Waals surface area contributed by atoms with E-state index in [1.54, 1.807) is 36.5 Å². The first kappa shape index (κ1) is 22.2. The number of hydrogen-bond donors (Lipinski definition) is 1. The predicted molar refractivity (Wildman–Crippen MR) is 114 cm³/mol. The number of hydrogen-bond acceptors (Lipinski definition) is 5.